The highest BCUT2D eigenvalue weighted by atomic mass is 19.4. The van der Waals surface area contributed by atoms with Crippen molar-refractivity contribution < 1.29 is 26.3 Å². The molecule has 0 atom stereocenters. The first-order chi connectivity index (χ1) is 31.1. The summed E-state index contributed by atoms with van der Waals surface area (Å²) in [6, 6.07) is 43.7. The highest BCUT2D eigenvalue weighted by Gasteiger charge is 2.36. The van der Waals surface area contributed by atoms with Crippen molar-refractivity contribution in [2.75, 3.05) is 0 Å². The molecule has 316 valence electrons. The quantitative estimate of drug-likeness (QED) is 0.121. The molecule has 0 aliphatic heterocycles. The standard InChI is InChI=1S/C55H34F6N4/c1-31-21-32(2)23-36(22-31)34-17-19-42-40-12-7-9-16-48(40)65(50(42)27-34)52-30-46(63-5)43(53-44(55(59,60)61)13-10-14-45(53)62-4)29-51(52)64-47-15-8-6-11-39(47)41-20-18-35(28-49(41)64)37-24-33(3)25-38(26-37)54(56,57)58/h6-30H,1-3H3. The lowest BCUT2D eigenvalue weighted by Gasteiger charge is -2.22. The highest BCUT2D eigenvalue weighted by molar-refractivity contribution is 6.13. The van der Waals surface area contributed by atoms with Gasteiger partial charge in [-0.3, -0.25) is 0 Å². The number of aromatic nitrogens is 2. The maximum Gasteiger partial charge on any atom is 0.416 e. The molecular weight excluding hydrogens is 831 g/mol. The molecule has 0 aliphatic carbocycles. The number of alkyl halides is 6. The lowest BCUT2D eigenvalue weighted by molar-refractivity contribution is -0.138. The minimum absolute atomic E-state index is 0.0926. The van der Waals surface area contributed by atoms with Crippen molar-refractivity contribution in [3.05, 3.63) is 202 Å². The largest absolute Gasteiger partial charge is 0.416 e. The smallest absolute Gasteiger partial charge is 0.308 e. The van der Waals surface area contributed by atoms with Crippen LogP contribution in [0.1, 0.15) is 27.8 Å². The topological polar surface area (TPSA) is 18.6 Å². The highest BCUT2D eigenvalue weighted by Crippen LogP contribution is 2.49. The molecule has 0 aliphatic rings. The van der Waals surface area contributed by atoms with Gasteiger partial charge in [0.05, 0.1) is 57.7 Å². The second-order valence-corrected chi connectivity index (χ2v) is 16.4. The molecule has 8 aromatic carbocycles. The van der Waals surface area contributed by atoms with Crippen LogP contribution >= 0.6 is 0 Å². The molecule has 0 saturated carbocycles. The summed E-state index contributed by atoms with van der Waals surface area (Å²) in [5.74, 6) is 0. The van der Waals surface area contributed by atoms with Crippen molar-refractivity contribution in [3.63, 3.8) is 0 Å². The summed E-state index contributed by atoms with van der Waals surface area (Å²) in [6.07, 6.45) is -9.47. The fourth-order valence-electron chi connectivity index (χ4n) is 9.44. The zero-order chi connectivity index (χ0) is 45.5. The number of nitrogens with zero attached hydrogens (tertiary/aromatic N) is 4. The predicted octanol–water partition coefficient (Wildman–Crippen LogP) is 16.9. The molecule has 0 fully saturated rings. The summed E-state index contributed by atoms with van der Waals surface area (Å²) < 4.78 is 91.6. The molecule has 10 aromatic rings. The van der Waals surface area contributed by atoms with E-state index in [0.717, 1.165) is 73.0 Å². The summed E-state index contributed by atoms with van der Waals surface area (Å²) in [7, 11) is 0. The second-order valence-electron chi connectivity index (χ2n) is 16.4. The zero-order valence-electron chi connectivity index (χ0n) is 35.0. The molecule has 0 amide bonds. The van der Waals surface area contributed by atoms with Crippen LogP contribution in [0.5, 0.6) is 0 Å². The number of hydrogen-bond acceptors (Lipinski definition) is 0. The molecular formula is C55H34F6N4. The van der Waals surface area contributed by atoms with Crippen LogP contribution in [0.15, 0.2) is 152 Å². The summed E-state index contributed by atoms with van der Waals surface area (Å²) >= 11 is 0. The normalized spacial score (nSPS) is 12.0. The predicted molar refractivity (Wildman–Crippen MR) is 248 cm³/mol. The Morgan fingerprint density at radius 1 is 0.415 bits per heavy atom. The van der Waals surface area contributed by atoms with Crippen LogP contribution in [-0.2, 0) is 12.4 Å². The van der Waals surface area contributed by atoms with Crippen molar-refractivity contribution in [1.29, 1.82) is 0 Å². The van der Waals surface area contributed by atoms with Gasteiger partial charge in [0.15, 0.2) is 11.4 Å². The third-order valence-electron chi connectivity index (χ3n) is 12.1. The van der Waals surface area contributed by atoms with Crippen molar-refractivity contribution in [3.8, 4) is 44.8 Å². The summed E-state index contributed by atoms with van der Waals surface area (Å²) in [4.78, 5) is 7.39. The molecule has 0 bridgehead atoms. The molecule has 0 unspecified atom stereocenters. The molecule has 0 radical (unpaired) electrons. The molecule has 0 spiro atoms. The lowest BCUT2D eigenvalue weighted by Crippen LogP contribution is -2.08. The summed E-state index contributed by atoms with van der Waals surface area (Å²) in [5, 5.41) is 3.32. The maximum absolute atomic E-state index is 15.0. The average molecular weight is 865 g/mol. The van der Waals surface area contributed by atoms with Crippen LogP contribution in [0.4, 0.5) is 37.7 Å². The van der Waals surface area contributed by atoms with Gasteiger partial charge in [0, 0.05) is 21.5 Å². The Bertz CT molecular complexity index is 3680. The Morgan fingerprint density at radius 3 is 1.43 bits per heavy atom. The first-order valence-electron chi connectivity index (χ1n) is 20.6. The van der Waals surface area contributed by atoms with E-state index in [-0.39, 0.29) is 16.9 Å². The zero-order valence-corrected chi connectivity index (χ0v) is 35.0. The van der Waals surface area contributed by atoms with E-state index in [1.807, 2.05) is 77.6 Å². The second kappa shape index (κ2) is 15.0. The van der Waals surface area contributed by atoms with Crippen molar-refractivity contribution >= 4 is 55.0 Å². The fraction of sp³-hybridized carbons (Fsp3) is 0.0909. The molecule has 10 rings (SSSR count). The first kappa shape index (κ1) is 41.0. The van der Waals surface area contributed by atoms with Crippen LogP contribution < -0.4 is 0 Å². The summed E-state index contributed by atoms with van der Waals surface area (Å²) in [6.45, 7) is 22.2. The van der Waals surface area contributed by atoms with Gasteiger partial charge in [0.1, 0.15) is 0 Å². The van der Waals surface area contributed by atoms with Gasteiger partial charge in [0.2, 0.25) is 0 Å². The van der Waals surface area contributed by atoms with E-state index in [1.165, 1.54) is 12.1 Å². The number of aryl methyl sites for hydroxylation is 3. The minimum atomic E-state index is -4.88. The van der Waals surface area contributed by atoms with E-state index in [2.05, 4.69) is 46.1 Å². The van der Waals surface area contributed by atoms with Crippen LogP contribution in [0, 0.1) is 33.9 Å². The SMILES string of the molecule is [C-]#[N+]c1cc(-n2c3ccccc3c3ccc(-c4cc(C)cc(C)c4)cc32)c(-n2c3ccccc3c3ccc(-c4cc(C)cc(C(F)(F)F)c4)cc32)cc1-c1c([N+]#[C-])cccc1C(F)(F)F. The van der Waals surface area contributed by atoms with Crippen LogP contribution in [0.25, 0.3) is 98.1 Å². The van der Waals surface area contributed by atoms with E-state index in [0.29, 0.717) is 39.1 Å². The number of hydrogen-bond donors (Lipinski definition) is 0. The molecule has 2 aromatic heterocycles. The number of halogens is 6. The summed E-state index contributed by atoms with van der Waals surface area (Å²) in [5.41, 5.74) is 6.18. The van der Waals surface area contributed by atoms with E-state index in [9.17, 15) is 13.2 Å². The molecule has 0 saturated heterocycles. The van der Waals surface area contributed by atoms with Gasteiger partial charge < -0.3 is 9.13 Å². The van der Waals surface area contributed by atoms with Crippen LogP contribution in [-0.4, -0.2) is 9.13 Å². The molecule has 2 heterocycles. The molecule has 65 heavy (non-hydrogen) atoms. The van der Waals surface area contributed by atoms with E-state index in [4.69, 9.17) is 13.1 Å². The van der Waals surface area contributed by atoms with Crippen molar-refractivity contribution in [2.45, 2.75) is 33.1 Å². The van der Waals surface area contributed by atoms with Gasteiger partial charge in [-0.25, -0.2) is 9.69 Å². The van der Waals surface area contributed by atoms with Gasteiger partial charge in [-0.05, 0) is 108 Å². The monoisotopic (exact) mass is 864 g/mol. The molecule has 0 N–H and O–H groups in total. The van der Waals surface area contributed by atoms with E-state index in [1.54, 1.807) is 37.3 Å². The Kier molecular flexibility index (Phi) is 9.47. The van der Waals surface area contributed by atoms with E-state index < -0.39 is 29.0 Å². The van der Waals surface area contributed by atoms with Gasteiger partial charge >= 0.3 is 12.4 Å². The van der Waals surface area contributed by atoms with Crippen molar-refractivity contribution in [1.82, 2.24) is 9.13 Å². The number of para-hydroxylation sites is 2. The van der Waals surface area contributed by atoms with Gasteiger partial charge in [-0.1, -0.05) is 114 Å². The van der Waals surface area contributed by atoms with E-state index >= 15 is 13.2 Å². The molecule has 4 nitrogen and oxygen atoms in total. The van der Waals surface area contributed by atoms with Crippen LogP contribution in [0.2, 0.25) is 0 Å². The van der Waals surface area contributed by atoms with Crippen LogP contribution in [0.3, 0.4) is 0 Å². The Labute approximate surface area is 369 Å². The van der Waals surface area contributed by atoms with Gasteiger partial charge in [-0.15, -0.1) is 0 Å². The third-order valence-corrected chi connectivity index (χ3v) is 12.1. The average Bonchev–Trinajstić information content (AvgIpc) is 3.79. The maximum atomic E-state index is 15.0. The van der Waals surface area contributed by atoms with Crippen molar-refractivity contribution in [2.24, 2.45) is 0 Å². The number of rotatable bonds is 5. The number of benzene rings is 8. The fourth-order valence-corrected chi connectivity index (χ4v) is 9.44. The lowest BCUT2D eigenvalue weighted by atomic mass is 9.94. The minimum Gasteiger partial charge on any atom is -0.308 e. The van der Waals surface area contributed by atoms with Gasteiger partial charge in [0.25, 0.3) is 0 Å². The Morgan fingerprint density at radius 2 is 0.908 bits per heavy atom. The Hall–Kier alpha value is -8.08. The molecule has 10 heteroatoms. The van der Waals surface area contributed by atoms with Gasteiger partial charge in [-0.2, -0.15) is 26.3 Å². The Balaban J connectivity index is 1.38. The third kappa shape index (κ3) is 6.86. The first-order valence-corrected chi connectivity index (χ1v) is 20.6. The number of fused-ring (bicyclic) bond motifs is 6.